The van der Waals surface area contributed by atoms with Crippen molar-refractivity contribution in [3.63, 3.8) is 0 Å². The predicted octanol–water partition coefficient (Wildman–Crippen LogP) is 4.14. The van der Waals surface area contributed by atoms with Crippen LogP contribution in [0.5, 0.6) is 5.75 Å². The summed E-state index contributed by atoms with van der Waals surface area (Å²) >= 11 is 0. The zero-order valence-electron chi connectivity index (χ0n) is 11.7. The van der Waals surface area contributed by atoms with Gasteiger partial charge in [-0.2, -0.15) is 0 Å². The van der Waals surface area contributed by atoms with Crippen molar-refractivity contribution >= 4 is 11.4 Å². The minimum absolute atomic E-state index is 0.740. The number of para-hydroxylation sites is 2. The molecule has 1 aliphatic heterocycles. The van der Waals surface area contributed by atoms with Gasteiger partial charge in [0.25, 0.3) is 0 Å². The monoisotopic (exact) mass is 253 g/mol. The molecule has 0 amide bonds. The first kappa shape index (κ1) is 12.1. The molecule has 0 saturated heterocycles. The van der Waals surface area contributed by atoms with Gasteiger partial charge in [0.1, 0.15) is 12.4 Å². The van der Waals surface area contributed by atoms with Crippen LogP contribution in [0.15, 0.2) is 36.4 Å². The van der Waals surface area contributed by atoms with E-state index in [9.17, 15) is 0 Å². The van der Waals surface area contributed by atoms with E-state index in [2.05, 4.69) is 49.9 Å². The van der Waals surface area contributed by atoms with Crippen LogP contribution in [0.2, 0.25) is 0 Å². The summed E-state index contributed by atoms with van der Waals surface area (Å²) in [4.78, 5) is 2.38. The minimum Gasteiger partial charge on any atom is -0.490 e. The Morgan fingerprint density at radius 3 is 2.42 bits per heavy atom. The SMILES string of the molecule is Cc1cc(C)c(N2CCOc3ccccc32)c(C)c1. The number of anilines is 2. The third-order valence-corrected chi connectivity index (χ3v) is 3.63. The van der Waals surface area contributed by atoms with Gasteiger partial charge >= 0.3 is 0 Å². The molecule has 2 aromatic rings. The highest BCUT2D eigenvalue weighted by molar-refractivity contribution is 5.74. The summed E-state index contributed by atoms with van der Waals surface area (Å²) in [6, 6.07) is 12.8. The van der Waals surface area contributed by atoms with E-state index in [-0.39, 0.29) is 0 Å². The van der Waals surface area contributed by atoms with Crippen LogP contribution < -0.4 is 9.64 Å². The Morgan fingerprint density at radius 1 is 1.00 bits per heavy atom. The first-order valence-corrected chi connectivity index (χ1v) is 6.74. The predicted molar refractivity (Wildman–Crippen MR) is 79.6 cm³/mol. The highest BCUT2D eigenvalue weighted by Crippen LogP contribution is 2.39. The van der Waals surface area contributed by atoms with Gasteiger partial charge in [0.15, 0.2) is 0 Å². The summed E-state index contributed by atoms with van der Waals surface area (Å²) in [5, 5.41) is 0. The van der Waals surface area contributed by atoms with E-state index in [1.165, 1.54) is 28.1 Å². The first-order valence-electron chi connectivity index (χ1n) is 6.74. The van der Waals surface area contributed by atoms with Crippen molar-refractivity contribution in [2.75, 3.05) is 18.1 Å². The van der Waals surface area contributed by atoms with Gasteiger partial charge in [-0.05, 0) is 44.0 Å². The summed E-state index contributed by atoms with van der Waals surface area (Å²) < 4.78 is 5.74. The van der Waals surface area contributed by atoms with Gasteiger partial charge in [0.2, 0.25) is 0 Å². The number of rotatable bonds is 1. The van der Waals surface area contributed by atoms with Crippen LogP contribution in [0.3, 0.4) is 0 Å². The van der Waals surface area contributed by atoms with Crippen molar-refractivity contribution in [1.29, 1.82) is 0 Å². The van der Waals surface area contributed by atoms with Gasteiger partial charge in [-0.15, -0.1) is 0 Å². The lowest BCUT2D eigenvalue weighted by atomic mass is 10.0. The quantitative estimate of drug-likeness (QED) is 0.757. The zero-order chi connectivity index (χ0) is 13.4. The van der Waals surface area contributed by atoms with E-state index in [0.29, 0.717) is 0 Å². The molecule has 1 aliphatic rings. The van der Waals surface area contributed by atoms with Gasteiger partial charge in [-0.3, -0.25) is 0 Å². The highest BCUT2D eigenvalue weighted by atomic mass is 16.5. The van der Waals surface area contributed by atoms with E-state index in [4.69, 9.17) is 4.74 Å². The van der Waals surface area contributed by atoms with E-state index in [1.807, 2.05) is 12.1 Å². The van der Waals surface area contributed by atoms with Crippen LogP contribution in [-0.4, -0.2) is 13.2 Å². The third-order valence-electron chi connectivity index (χ3n) is 3.63. The van der Waals surface area contributed by atoms with Crippen LogP contribution >= 0.6 is 0 Å². The van der Waals surface area contributed by atoms with E-state index >= 15 is 0 Å². The van der Waals surface area contributed by atoms with Gasteiger partial charge < -0.3 is 9.64 Å². The van der Waals surface area contributed by atoms with E-state index in [0.717, 1.165) is 18.9 Å². The molecule has 2 heteroatoms. The Bertz CT molecular complexity index is 595. The molecule has 2 nitrogen and oxygen atoms in total. The molecule has 2 aromatic carbocycles. The van der Waals surface area contributed by atoms with Crippen molar-refractivity contribution in [1.82, 2.24) is 0 Å². The number of hydrogen-bond acceptors (Lipinski definition) is 2. The Morgan fingerprint density at radius 2 is 1.68 bits per heavy atom. The molecule has 3 rings (SSSR count). The molecule has 19 heavy (non-hydrogen) atoms. The molecule has 0 saturated carbocycles. The molecule has 0 unspecified atom stereocenters. The minimum atomic E-state index is 0.740. The maximum atomic E-state index is 5.74. The lowest BCUT2D eigenvalue weighted by Gasteiger charge is -2.33. The summed E-state index contributed by atoms with van der Waals surface area (Å²) in [5.41, 5.74) is 6.47. The topological polar surface area (TPSA) is 12.5 Å². The van der Waals surface area contributed by atoms with Crippen molar-refractivity contribution in [2.24, 2.45) is 0 Å². The lowest BCUT2D eigenvalue weighted by molar-refractivity contribution is 0.314. The molecule has 0 aliphatic carbocycles. The summed E-state index contributed by atoms with van der Waals surface area (Å²) in [6.07, 6.45) is 0. The number of nitrogens with zero attached hydrogens (tertiary/aromatic N) is 1. The number of hydrogen-bond donors (Lipinski definition) is 0. The van der Waals surface area contributed by atoms with Gasteiger partial charge in [0.05, 0.1) is 12.2 Å². The second-order valence-corrected chi connectivity index (χ2v) is 5.22. The Hall–Kier alpha value is -1.96. The van der Waals surface area contributed by atoms with Crippen molar-refractivity contribution in [3.8, 4) is 5.75 Å². The Labute approximate surface area is 114 Å². The molecule has 0 fully saturated rings. The molecule has 98 valence electrons. The third kappa shape index (κ3) is 2.07. The van der Waals surface area contributed by atoms with Gasteiger partial charge in [0, 0.05) is 5.69 Å². The molecular formula is C17H19NO. The molecule has 0 bridgehead atoms. The Kier molecular flexibility index (Phi) is 2.94. The molecule has 0 spiro atoms. The van der Waals surface area contributed by atoms with E-state index < -0.39 is 0 Å². The lowest BCUT2D eigenvalue weighted by Crippen LogP contribution is -2.29. The Balaban J connectivity index is 2.14. The van der Waals surface area contributed by atoms with Gasteiger partial charge in [-0.1, -0.05) is 29.8 Å². The van der Waals surface area contributed by atoms with E-state index in [1.54, 1.807) is 0 Å². The standard InChI is InChI=1S/C17H19NO/c1-12-10-13(2)17(14(3)11-12)18-8-9-19-16-7-5-4-6-15(16)18/h4-7,10-11H,8-9H2,1-3H3. The fourth-order valence-corrected chi connectivity index (χ4v) is 3.00. The second-order valence-electron chi connectivity index (χ2n) is 5.22. The van der Waals surface area contributed by atoms with Crippen molar-refractivity contribution < 1.29 is 4.74 Å². The fourth-order valence-electron chi connectivity index (χ4n) is 3.00. The normalized spacial score (nSPS) is 13.9. The zero-order valence-corrected chi connectivity index (χ0v) is 11.7. The average molecular weight is 253 g/mol. The van der Waals surface area contributed by atoms with Crippen LogP contribution in [0, 0.1) is 20.8 Å². The number of benzene rings is 2. The molecular weight excluding hydrogens is 234 g/mol. The number of aryl methyl sites for hydroxylation is 3. The molecule has 0 radical (unpaired) electrons. The highest BCUT2D eigenvalue weighted by Gasteiger charge is 2.21. The van der Waals surface area contributed by atoms with Crippen LogP contribution in [-0.2, 0) is 0 Å². The summed E-state index contributed by atoms with van der Waals surface area (Å²) in [5.74, 6) is 0.980. The summed E-state index contributed by atoms with van der Waals surface area (Å²) in [6.45, 7) is 8.17. The first-order chi connectivity index (χ1) is 9.16. The smallest absolute Gasteiger partial charge is 0.143 e. The maximum absolute atomic E-state index is 5.74. The van der Waals surface area contributed by atoms with Crippen LogP contribution in [0.4, 0.5) is 11.4 Å². The molecule has 0 aromatic heterocycles. The maximum Gasteiger partial charge on any atom is 0.143 e. The molecule has 0 atom stereocenters. The van der Waals surface area contributed by atoms with Crippen molar-refractivity contribution in [3.05, 3.63) is 53.1 Å². The second kappa shape index (κ2) is 4.61. The van der Waals surface area contributed by atoms with Crippen LogP contribution in [0.25, 0.3) is 0 Å². The summed E-state index contributed by atoms with van der Waals surface area (Å²) in [7, 11) is 0. The molecule has 1 heterocycles. The number of fused-ring (bicyclic) bond motifs is 1. The van der Waals surface area contributed by atoms with Crippen LogP contribution in [0.1, 0.15) is 16.7 Å². The van der Waals surface area contributed by atoms with Gasteiger partial charge in [-0.25, -0.2) is 0 Å². The van der Waals surface area contributed by atoms with Crippen molar-refractivity contribution in [2.45, 2.75) is 20.8 Å². The largest absolute Gasteiger partial charge is 0.490 e. The fraction of sp³-hybridized carbons (Fsp3) is 0.294. The number of ether oxygens (including phenoxy) is 1. The molecule has 0 N–H and O–H groups in total. The average Bonchev–Trinajstić information content (AvgIpc) is 2.38.